The highest BCUT2D eigenvalue weighted by atomic mass is 32.1. The molecule has 1 aromatic heterocycles. The standard InChI is InChI=1S/C28H29NO4S/c1-16-8-7-9-19(14-16)29-23(26-17(2)12-13-34-26)22(25(31)27(29)32)24(30)20-15-18(28(3,4)5)10-11-21(20)33-6/h7-15,23,30H,1-6H3/b24-22+. The number of aliphatic hydroxyl groups is 1. The highest BCUT2D eigenvalue weighted by Crippen LogP contribution is 2.46. The van der Waals surface area contributed by atoms with Gasteiger partial charge in [0, 0.05) is 10.6 Å². The summed E-state index contributed by atoms with van der Waals surface area (Å²) in [6, 6.07) is 14.3. The first-order valence-corrected chi connectivity index (χ1v) is 12.0. The van der Waals surface area contributed by atoms with E-state index in [1.165, 1.54) is 23.3 Å². The zero-order valence-corrected chi connectivity index (χ0v) is 21.1. The van der Waals surface area contributed by atoms with Crippen LogP contribution in [0.2, 0.25) is 0 Å². The fraction of sp³-hybridized carbons (Fsp3) is 0.286. The van der Waals surface area contributed by atoms with E-state index < -0.39 is 17.7 Å². The molecule has 6 heteroatoms. The van der Waals surface area contributed by atoms with Gasteiger partial charge in [-0.15, -0.1) is 11.3 Å². The predicted octanol–water partition coefficient (Wildman–Crippen LogP) is 6.30. The summed E-state index contributed by atoms with van der Waals surface area (Å²) >= 11 is 1.46. The zero-order chi connectivity index (χ0) is 24.8. The number of thiophene rings is 1. The van der Waals surface area contributed by atoms with Gasteiger partial charge < -0.3 is 9.84 Å². The number of carbonyl (C=O) groups excluding carboxylic acids is 2. The van der Waals surface area contributed by atoms with Crippen molar-refractivity contribution in [3.05, 3.63) is 86.6 Å². The molecular weight excluding hydrogens is 446 g/mol. The molecule has 0 saturated carbocycles. The maximum Gasteiger partial charge on any atom is 0.300 e. The molecule has 0 bridgehead atoms. The van der Waals surface area contributed by atoms with Crippen molar-refractivity contribution in [1.29, 1.82) is 0 Å². The topological polar surface area (TPSA) is 66.8 Å². The number of carbonyl (C=O) groups is 2. The van der Waals surface area contributed by atoms with Gasteiger partial charge in [0.2, 0.25) is 0 Å². The number of anilines is 1. The van der Waals surface area contributed by atoms with E-state index in [1.54, 1.807) is 6.07 Å². The summed E-state index contributed by atoms with van der Waals surface area (Å²) in [5, 5.41) is 13.5. The second-order valence-electron chi connectivity index (χ2n) is 9.64. The van der Waals surface area contributed by atoms with Gasteiger partial charge in [-0.3, -0.25) is 14.5 Å². The van der Waals surface area contributed by atoms with Gasteiger partial charge >= 0.3 is 0 Å². The summed E-state index contributed by atoms with van der Waals surface area (Å²) in [4.78, 5) is 29.1. The largest absolute Gasteiger partial charge is 0.507 e. The summed E-state index contributed by atoms with van der Waals surface area (Å²) in [6.07, 6.45) is 0. The fourth-order valence-corrected chi connectivity index (χ4v) is 5.32. The Morgan fingerprint density at radius 2 is 1.79 bits per heavy atom. The third-order valence-electron chi connectivity index (χ3n) is 6.19. The molecule has 5 nitrogen and oxygen atoms in total. The third-order valence-corrected chi connectivity index (χ3v) is 7.27. The quantitative estimate of drug-likeness (QED) is 0.273. The number of rotatable bonds is 4. The minimum atomic E-state index is -0.732. The Labute approximate surface area is 204 Å². The van der Waals surface area contributed by atoms with Crippen molar-refractivity contribution >= 4 is 34.5 Å². The van der Waals surface area contributed by atoms with Crippen molar-refractivity contribution in [2.24, 2.45) is 0 Å². The van der Waals surface area contributed by atoms with Crippen LogP contribution in [-0.4, -0.2) is 23.9 Å². The number of hydrogen-bond donors (Lipinski definition) is 1. The van der Waals surface area contributed by atoms with E-state index in [9.17, 15) is 14.7 Å². The van der Waals surface area contributed by atoms with Crippen molar-refractivity contribution in [2.75, 3.05) is 12.0 Å². The average molecular weight is 476 g/mol. The number of hydrogen-bond acceptors (Lipinski definition) is 5. The van der Waals surface area contributed by atoms with Crippen LogP contribution in [0.4, 0.5) is 5.69 Å². The minimum absolute atomic E-state index is 0.0708. The molecule has 1 aliphatic rings. The predicted molar refractivity (Wildman–Crippen MR) is 137 cm³/mol. The van der Waals surface area contributed by atoms with Crippen molar-refractivity contribution in [3.8, 4) is 5.75 Å². The first-order valence-electron chi connectivity index (χ1n) is 11.1. The smallest absolute Gasteiger partial charge is 0.300 e. The number of methoxy groups -OCH3 is 1. The Balaban J connectivity index is 2.00. The second-order valence-corrected chi connectivity index (χ2v) is 10.6. The summed E-state index contributed by atoms with van der Waals surface area (Å²) in [5.74, 6) is -1.15. The minimum Gasteiger partial charge on any atom is -0.507 e. The van der Waals surface area contributed by atoms with Gasteiger partial charge in [0.25, 0.3) is 11.7 Å². The first-order chi connectivity index (χ1) is 16.0. The molecule has 0 radical (unpaired) electrons. The lowest BCUT2D eigenvalue weighted by molar-refractivity contribution is -0.132. The maximum atomic E-state index is 13.4. The van der Waals surface area contributed by atoms with Gasteiger partial charge in [0.15, 0.2) is 0 Å². The monoisotopic (exact) mass is 475 g/mol. The molecule has 3 aromatic rings. The zero-order valence-electron chi connectivity index (χ0n) is 20.3. The summed E-state index contributed by atoms with van der Waals surface area (Å²) < 4.78 is 5.53. The van der Waals surface area contributed by atoms with Crippen LogP contribution >= 0.6 is 11.3 Å². The van der Waals surface area contributed by atoms with Crippen LogP contribution < -0.4 is 9.64 Å². The molecule has 2 heterocycles. The number of Topliss-reactive ketones (excluding diaryl/α,β-unsaturated/α-hetero) is 1. The number of nitrogens with zero attached hydrogens (tertiary/aromatic N) is 1. The van der Waals surface area contributed by atoms with E-state index in [2.05, 4.69) is 20.8 Å². The van der Waals surface area contributed by atoms with E-state index in [1.807, 2.05) is 61.7 Å². The van der Waals surface area contributed by atoms with E-state index in [0.717, 1.165) is 21.6 Å². The van der Waals surface area contributed by atoms with Crippen molar-refractivity contribution in [1.82, 2.24) is 0 Å². The van der Waals surface area contributed by atoms with E-state index in [0.29, 0.717) is 17.0 Å². The molecule has 1 N–H and O–H groups in total. The van der Waals surface area contributed by atoms with E-state index >= 15 is 0 Å². The van der Waals surface area contributed by atoms with Crippen LogP contribution in [0.5, 0.6) is 5.75 Å². The molecule has 1 amide bonds. The van der Waals surface area contributed by atoms with Crippen LogP contribution in [0.3, 0.4) is 0 Å². The highest BCUT2D eigenvalue weighted by molar-refractivity contribution is 7.10. The number of ether oxygens (including phenoxy) is 1. The van der Waals surface area contributed by atoms with Crippen molar-refractivity contribution < 1.29 is 19.4 Å². The van der Waals surface area contributed by atoms with Crippen LogP contribution in [0.25, 0.3) is 5.76 Å². The second kappa shape index (κ2) is 8.76. The molecule has 0 spiro atoms. The van der Waals surface area contributed by atoms with Gasteiger partial charge in [-0.2, -0.15) is 0 Å². The van der Waals surface area contributed by atoms with Gasteiger partial charge in [0.05, 0.1) is 18.2 Å². The Morgan fingerprint density at radius 1 is 1.06 bits per heavy atom. The van der Waals surface area contributed by atoms with Crippen LogP contribution in [0.15, 0.2) is 59.5 Å². The van der Waals surface area contributed by atoms with Gasteiger partial charge in [-0.05, 0) is 71.7 Å². The molecule has 4 rings (SSSR count). The number of amides is 1. The Kier molecular flexibility index (Phi) is 6.13. The first kappa shape index (κ1) is 23.8. The van der Waals surface area contributed by atoms with Gasteiger partial charge in [0.1, 0.15) is 17.6 Å². The molecule has 1 atom stereocenters. The van der Waals surface area contributed by atoms with E-state index in [-0.39, 0.29) is 16.7 Å². The lowest BCUT2D eigenvalue weighted by Gasteiger charge is -2.26. The number of aliphatic hydroxyl groups excluding tert-OH is 1. The fourth-order valence-electron chi connectivity index (χ4n) is 4.29. The molecule has 2 aromatic carbocycles. The van der Waals surface area contributed by atoms with Crippen LogP contribution in [0, 0.1) is 13.8 Å². The SMILES string of the molecule is COc1ccc(C(C)(C)C)cc1/C(O)=C1\C(=O)C(=O)N(c2cccc(C)c2)C1c1sccc1C. The molecule has 1 unspecified atom stereocenters. The van der Waals surface area contributed by atoms with Crippen LogP contribution in [0.1, 0.15) is 53.9 Å². The summed E-state index contributed by atoms with van der Waals surface area (Å²) in [5.41, 5.74) is 3.81. The number of ketones is 1. The summed E-state index contributed by atoms with van der Waals surface area (Å²) in [7, 11) is 1.52. The van der Waals surface area contributed by atoms with Crippen LogP contribution in [-0.2, 0) is 15.0 Å². The van der Waals surface area contributed by atoms with Crippen molar-refractivity contribution in [3.63, 3.8) is 0 Å². The average Bonchev–Trinajstić information content (AvgIpc) is 3.32. The molecule has 1 fully saturated rings. The maximum absolute atomic E-state index is 13.4. The summed E-state index contributed by atoms with van der Waals surface area (Å²) in [6.45, 7) is 10.1. The number of aryl methyl sites for hydroxylation is 2. The third kappa shape index (κ3) is 4.03. The normalized spacial score (nSPS) is 17.9. The van der Waals surface area contributed by atoms with Crippen molar-refractivity contribution in [2.45, 2.75) is 46.1 Å². The molecular formula is C28H29NO4S. The lowest BCUT2D eigenvalue weighted by Crippen LogP contribution is -2.29. The lowest BCUT2D eigenvalue weighted by atomic mass is 9.85. The van der Waals surface area contributed by atoms with Gasteiger partial charge in [-0.1, -0.05) is 39.0 Å². The molecule has 1 aliphatic heterocycles. The molecule has 1 saturated heterocycles. The Morgan fingerprint density at radius 3 is 2.38 bits per heavy atom. The molecule has 34 heavy (non-hydrogen) atoms. The van der Waals surface area contributed by atoms with Gasteiger partial charge in [-0.25, -0.2) is 0 Å². The highest BCUT2D eigenvalue weighted by Gasteiger charge is 2.48. The number of benzene rings is 2. The Hall–Kier alpha value is -3.38. The van der Waals surface area contributed by atoms with E-state index in [4.69, 9.17) is 4.74 Å². The molecule has 0 aliphatic carbocycles. The molecule has 176 valence electrons. The Bertz CT molecular complexity index is 1310.